The van der Waals surface area contributed by atoms with Crippen LogP contribution >= 0.6 is 0 Å². The van der Waals surface area contributed by atoms with Crippen molar-refractivity contribution in [2.75, 3.05) is 0 Å². The molecule has 0 rings (SSSR count). The smallest absolute Gasteiger partial charge is 0.0182 e. The molecule has 1 atom stereocenters. The zero-order valence-electron chi connectivity index (χ0n) is 15.6. The molecule has 0 bridgehead atoms. The highest BCUT2D eigenvalue weighted by atomic mass is 14.8. The van der Waals surface area contributed by atoms with Crippen LogP contribution in [0, 0.1) is 5.92 Å². The minimum atomic E-state index is 0.118. The van der Waals surface area contributed by atoms with Gasteiger partial charge in [-0.2, -0.15) is 0 Å². The molecule has 1 nitrogen and oxygen atoms in total. The monoisotopic (exact) mass is 297 g/mol. The first-order valence-corrected chi connectivity index (χ1v) is 9.93. The average molecular weight is 298 g/mol. The topological polar surface area (TPSA) is 26.0 Å². The van der Waals surface area contributed by atoms with Crippen molar-refractivity contribution in [3.8, 4) is 0 Å². The Morgan fingerprint density at radius 3 is 1.57 bits per heavy atom. The van der Waals surface area contributed by atoms with E-state index in [1.807, 2.05) is 0 Å². The van der Waals surface area contributed by atoms with Gasteiger partial charge in [0, 0.05) is 5.54 Å². The molecular weight excluding hydrogens is 254 g/mol. The maximum Gasteiger partial charge on any atom is 0.0182 e. The van der Waals surface area contributed by atoms with Crippen LogP contribution in [-0.2, 0) is 0 Å². The number of nitrogens with two attached hydrogens (primary N) is 1. The fourth-order valence-electron chi connectivity index (χ4n) is 3.53. The van der Waals surface area contributed by atoms with Gasteiger partial charge in [-0.1, -0.05) is 91.9 Å². The molecular formula is C20H43N. The Labute approximate surface area is 135 Å². The average Bonchev–Trinajstić information content (AvgIpc) is 2.50. The molecule has 0 fully saturated rings. The quantitative estimate of drug-likeness (QED) is 0.329. The van der Waals surface area contributed by atoms with Crippen LogP contribution in [0.4, 0.5) is 0 Å². The molecule has 0 aromatic carbocycles. The van der Waals surface area contributed by atoms with Crippen molar-refractivity contribution >= 4 is 0 Å². The molecule has 128 valence electrons. The molecule has 0 aliphatic carbocycles. The summed E-state index contributed by atoms with van der Waals surface area (Å²) in [6.45, 7) is 9.19. The van der Waals surface area contributed by atoms with E-state index in [0.29, 0.717) is 0 Å². The van der Waals surface area contributed by atoms with Crippen LogP contribution in [0.2, 0.25) is 0 Å². The van der Waals surface area contributed by atoms with E-state index in [4.69, 9.17) is 5.73 Å². The summed E-state index contributed by atoms with van der Waals surface area (Å²) in [5, 5.41) is 0. The zero-order valence-corrected chi connectivity index (χ0v) is 15.6. The van der Waals surface area contributed by atoms with Gasteiger partial charge in [0.05, 0.1) is 0 Å². The van der Waals surface area contributed by atoms with Crippen molar-refractivity contribution in [1.82, 2.24) is 0 Å². The molecule has 2 N–H and O–H groups in total. The van der Waals surface area contributed by atoms with E-state index in [-0.39, 0.29) is 5.54 Å². The lowest BCUT2D eigenvalue weighted by molar-refractivity contribution is 0.193. The first-order chi connectivity index (χ1) is 10.1. The van der Waals surface area contributed by atoms with E-state index in [1.165, 1.54) is 89.9 Å². The molecule has 0 spiro atoms. The molecule has 21 heavy (non-hydrogen) atoms. The van der Waals surface area contributed by atoms with Crippen molar-refractivity contribution in [2.45, 2.75) is 123 Å². The standard InChI is InChI=1S/C20H43N/c1-5-9-13-14-16-19(15-10-6-2)20(21,17-11-7-3)18-12-8-4/h19H,5-18,21H2,1-4H3. The van der Waals surface area contributed by atoms with Crippen LogP contribution in [-0.4, -0.2) is 5.54 Å². The highest BCUT2D eigenvalue weighted by Crippen LogP contribution is 2.34. The van der Waals surface area contributed by atoms with Crippen LogP contribution in [0.1, 0.15) is 118 Å². The number of hydrogen-bond donors (Lipinski definition) is 1. The Bertz CT molecular complexity index is 204. The van der Waals surface area contributed by atoms with Gasteiger partial charge >= 0.3 is 0 Å². The van der Waals surface area contributed by atoms with Crippen LogP contribution in [0.25, 0.3) is 0 Å². The Morgan fingerprint density at radius 1 is 0.619 bits per heavy atom. The first kappa shape index (κ1) is 21.0. The molecule has 1 unspecified atom stereocenters. The third kappa shape index (κ3) is 9.55. The van der Waals surface area contributed by atoms with Crippen molar-refractivity contribution in [1.29, 1.82) is 0 Å². The lowest BCUT2D eigenvalue weighted by Crippen LogP contribution is -2.47. The summed E-state index contributed by atoms with van der Waals surface area (Å²) in [5.41, 5.74) is 7.09. The zero-order chi connectivity index (χ0) is 16.0. The second kappa shape index (κ2) is 13.6. The summed E-state index contributed by atoms with van der Waals surface area (Å²) in [6.07, 6.45) is 18.5. The minimum Gasteiger partial charge on any atom is -0.325 e. The molecule has 0 saturated carbocycles. The molecule has 1 heteroatoms. The predicted molar refractivity (Wildman–Crippen MR) is 97.7 cm³/mol. The van der Waals surface area contributed by atoms with E-state index in [2.05, 4.69) is 27.7 Å². The molecule has 0 saturated heterocycles. The summed E-state index contributed by atoms with van der Waals surface area (Å²) < 4.78 is 0. The molecule has 0 aliphatic heterocycles. The van der Waals surface area contributed by atoms with Gasteiger partial charge < -0.3 is 5.73 Å². The lowest BCUT2D eigenvalue weighted by Gasteiger charge is -2.38. The number of unbranched alkanes of at least 4 members (excludes halogenated alkanes) is 6. The third-order valence-corrected chi connectivity index (χ3v) is 5.12. The lowest BCUT2D eigenvalue weighted by atomic mass is 9.72. The van der Waals surface area contributed by atoms with Crippen LogP contribution in [0.3, 0.4) is 0 Å². The van der Waals surface area contributed by atoms with E-state index in [9.17, 15) is 0 Å². The van der Waals surface area contributed by atoms with Gasteiger partial charge in [0.2, 0.25) is 0 Å². The number of rotatable bonds is 15. The molecule has 0 radical (unpaired) electrons. The van der Waals surface area contributed by atoms with Gasteiger partial charge in [-0.3, -0.25) is 0 Å². The maximum absolute atomic E-state index is 6.97. The maximum atomic E-state index is 6.97. The summed E-state index contributed by atoms with van der Waals surface area (Å²) in [6, 6.07) is 0. The van der Waals surface area contributed by atoms with E-state index in [1.54, 1.807) is 0 Å². The predicted octanol–water partition coefficient (Wildman–Crippen LogP) is 6.84. The fourth-order valence-corrected chi connectivity index (χ4v) is 3.53. The summed E-state index contributed by atoms with van der Waals surface area (Å²) in [5.74, 6) is 0.757. The molecule has 0 heterocycles. The van der Waals surface area contributed by atoms with Gasteiger partial charge in [0.1, 0.15) is 0 Å². The van der Waals surface area contributed by atoms with Gasteiger partial charge in [-0.15, -0.1) is 0 Å². The number of hydrogen-bond acceptors (Lipinski definition) is 1. The Hall–Kier alpha value is -0.0400. The van der Waals surface area contributed by atoms with Gasteiger partial charge in [0.25, 0.3) is 0 Å². The summed E-state index contributed by atoms with van der Waals surface area (Å²) >= 11 is 0. The Morgan fingerprint density at radius 2 is 1.10 bits per heavy atom. The Kier molecular flexibility index (Phi) is 13.6. The molecule has 0 aromatic rings. The van der Waals surface area contributed by atoms with E-state index < -0.39 is 0 Å². The first-order valence-electron chi connectivity index (χ1n) is 9.93. The van der Waals surface area contributed by atoms with Crippen LogP contribution in [0.15, 0.2) is 0 Å². The van der Waals surface area contributed by atoms with Crippen molar-refractivity contribution in [2.24, 2.45) is 11.7 Å². The second-order valence-electron chi connectivity index (χ2n) is 7.13. The van der Waals surface area contributed by atoms with Gasteiger partial charge in [-0.05, 0) is 31.6 Å². The SMILES string of the molecule is CCCCCCC(CCCC)C(N)(CCCC)CCCC. The van der Waals surface area contributed by atoms with Gasteiger partial charge in [-0.25, -0.2) is 0 Å². The van der Waals surface area contributed by atoms with Crippen molar-refractivity contribution < 1.29 is 0 Å². The summed E-state index contributed by atoms with van der Waals surface area (Å²) in [4.78, 5) is 0. The fraction of sp³-hybridized carbons (Fsp3) is 1.00. The summed E-state index contributed by atoms with van der Waals surface area (Å²) in [7, 11) is 0. The van der Waals surface area contributed by atoms with E-state index >= 15 is 0 Å². The Balaban J connectivity index is 4.62. The molecule has 0 amide bonds. The van der Waals surface area contributed by atoms with Crippen molar-refractivity contribution in [3.63, 3.8) is 0 Å². The van der Waals surface area contributed by atoms with E-state index in [0.717, 1.165) is 5.92 Å². The van der Waals surface area contributed by atoms with Crippen LogP contribution < -0.4 is 5.73 Å². The van der Waals surface area contributed by atoms with Gasteiger partial charge in [0.15, 0.2) is 0 Å². The minimum absolute atomic E-state index is 0.118. The third-order valence-electron chi connectivity index (χ3n) is 5.12. The second-order valence-corrected chi connectivity index (χ2v) is 7.13. The normalized spacial score (nSPS) is 13.6. The highest BCUT2D eigenvalue weighted by molar-refractivity contribution is 4.91. The molecule has 0 aliphatic rings. The van der Waals surface area contributed by atoms with Crippen LogP contribution in [0.5, 0.6) is 0 Å². The largest absolute Gasteiger partial charge is 0.325 e. The highest BCUT2D eigenvalue weighted by Gasteiger charge is 2.32. The molecule has 0 aromatic heterocycles. The van der Waals surface area contributed by atoms with Crippen molar-refractivity contribution in [3.05, 3.63) is 0 Å².